The summed E-state index contributed by atoms with van der Waals surface area (Å²) in [7, 11) is 2.18. The van der Waals surface area contributed by atoms with Crippen molar-refractivity contribution in [2.45, 2.75) is 64.6 Å². The maximum atomic E-state index is 12.0. The number of likely N-dealkylation sites (N-methyl/N-ethyl adjacent to an activating group) is 1. The summed E-state index contributed by atoms with van der Waals surface area (Å²) >= 11 is 0. The Bertz CT molecular complexity index is 1100. The van der Waals surface area contributed by atoms with Crippen molar-refractivity contribution in [3.05, 3.63) is 58.2 Å². The van der Waals surface area contributed by atoms with Gasteiger partial charge >= 0.3 is 0 Å². The van der Waals surface area contributed by atoms with Crippen LogP contribution >= 0.6 is 0 Å². The third kappa shape index (κ3) is 2.82. The lowest BCUT2D eigenvalue weighted by atomic mass is 9.76. The molecule has 2 aliphatic rings. The van der Waals surface area contributed by atoms with E-state index in [1.54, 1.807) is 0 Å². The first kappa shape index (κ1) is 18.8. The third-order valence-electron chi connectivity index (χ3n) is 6.98. The molecule has 0 spiro atoms. The second kappa shape index (κ2) is 6.64. The standard InChI is InChI=1S/C24H30N4O/c1-15-12-18-19-14-27(4)11-9-22(19)28(23(18)25-13-15)17(3)24(29)10-5-6-21-20(24)8-7-16(2)26-21/h7-8,12-13,17,29H,5-6,9-11,14H2,1-4H3. The number of nitrogens with zero attached hydrogens (tertiary/aromatic N) is 4. The summed E-state index contributed by atoms with van der Waals surface area (Å²) in [6.07, 6.45) is 5.59. The second-order valence-corrected chi connectivity index (χ2v) is 9.07. The van der Waals surface area contributed by atoms with Gasteiger partial charge in [0.1, 0.15) is 11.2 Å². The second-order valence-electron chi connectivity index (χ2n) is 9.07. The van der Waals surface area contributed by atoms with Gasteiger partial charge in [-0.05, 0) is 70.3 Å². The highest BCUT2D eigenvalue weighted by Crippen LogP contribution is 2.45. The maximum Gasteiger partial charge on any atom is 0.140 e. The van der Waals surface area contributed by atoms with Gasteiger partial charge in [0.05, 0.1) is 6.04 Å². The molecule has 3 aromatic heterocycles. The van der Waals surface area contributed by atoms with Crippen LogP contribution in [0.2, 0.25) is 0 Å². The third-order valence-corrected chi connectivity index (χ3v) is 6.98. The van der Waals surface area contributed by atoms with Crippen LogP contribution in [0.1, 0.15) is 59.6 Å². The molecule has 3 aromatic rings. The smallest absolute Gasteiger partial charge is 0.140 e. The molecule has 1 N–H and O–H groups in total. The van der Waals surface area contributed by atoms with Crippen LogP contribution < -0.4 is 0 Å². The first-order valence-corrected chi connectivity index (χ1v) is 10.7. The van der Waals surface area contributed by atoms with E-state index in [9.17, 15) is 5.11 Å². The van der Waals surface area contributed by atoms with Gasteiger partial charge in [0, 0.05) is 53.7 Å². The topological polar surface area (TPSA) is 54.2 Å². The van der Waals surface area contributed by atoms with Crippen molar-refractivity contribution < 1.29 is 5.11 Å². The van der Waals surface area contributed by atoms with Crippen LogP contribution in [0, 0.1) is 13.8 Å². The summed E-state index contributed by atoms with van der Waals surface area (Å²) in [6.45, 7) is 8.26. The van der Waals surface area contributed by atoms with E-state index in [0.717, 1.165) is 61.4 Å². The Morgan fingerprint density at radius 2 is 2.03 bits per heavy atom. The Balaban J connectivity index is 1.71. The number of fused-ring (bicyclic) bond motifs is 4. The highest BCUT2D eigenvalue weighted by molar-refractivity contribution is 5.83. The first-order valence-electron chi connectivity index (χ1n) is 10.7. The van der Waals surface area contributed by atoms with E-state index in [0.29, 0.717) is 0 Å². The SMILES string of the molecule is Cc1cnc2c(c1)c1c(n2C(C)C2(O)CCCc3nc(C)ccc32)CCN(C)C1. The molecular weight excluding hydrogens is 360 g/mol. The van der Waals surface area contributed by atoms with Crippen molar-refractivity contribution in [2.75, 3.05) is 13.6 Å². The molecule has 0 aromatic carbocycles. The molecule has 152 valence electrons. The summed E-state index contributed by atoms with van der Waals surface area (Å²) in [5, 5.41) is 13.3. The van der Waals surface area contributed by atoms with Gasteiger partial charge in [-0.1, -0.05) is 6.07 Å². The monoisotopic (exact) mass is 390 g/mol. The Morgan fingerprint density at radius 1 is 1.21 bits per heavy atom. The lowest BCUT2D eigenvalue weighted by Crippen LogP contribution is -2.40. The van der Waals surface area contributed by atoms with E-state index in [1.165, 1.54) is 22.2 Å². The van der Waals surface area contributed by atoms with Gasteiger partial charge in [-0.25, -0.2) is 4.98 Å². The molecule has 2 atom stereocenters. The van der Waals surface area contributed by atoms with E-state index >= 15 is 0 Å². The average Bonchev–Trinajstić information content (AvgIpc) is 3.00. The average molecular weight is 391 g/mol. The summed E-state index contributed by atoms with van der Waals surface area (Å²) in [4.78, 5) is 12.0. The minimum absolute atomic E-state index is 0.101. The molecule has 5 heteroatoms. The van der Waals surface area contributed by atoms with Crippen LogP contribution in [0.15, 0.2) is 24.4 Å². The van der Waals surface area contributed by atoms with Crippen LogP contribution in [0.3, 0.4) is 0 Å². The number of aromatic nitrogens is 3. The van der Waals surface area contributed by atoms with Gasteiger partial charge in [0.2, 0.25) is 0 Å². The molecular formula is C24H30N4O. The molecule has 0 amide bonds. The first-order chi connectivity index (χ1) is 13.9. The molecule has 0 saturated carbocycles. The van der Waals surface area contributed by atoms with Gasteiger partial charge in [0.15, 0.2) is 0 Å². The fourth-order valence-corrected chi connectivity index (χ4v) is 5.42. The molecule has 5 rings (SSSR count). The van der Waals surface area contributed by atoms with Crippen LogP contribution in [0.5, 0.6) is 0 Å². The van der Waals surface area contributed by atoms with Gasteiger partial charge in [0.25, 0.3) is 0 Å². The van der Waals surface area contributed by atoms with E-state index < -0.39 is 5.60 Å². The molecule has 0 radical (unpaired) electrons. The lowest BCUT2D eigenvalue weighted by Gasteiger charge is -2.40. The highest BCUT2D eigenvalue weighted by Gasteiger charge is 2.43. The molecule has 0 fully saturated rings. The highest BCUT2D eigenvalue weighted by atomic mass is 16.3. The molecule has 4 heterocycles. The van der Waals surface area contributed by atoms with Crippen molar-refractivity contribution in [2.24, 2.45) is 0 Å². The summed E-state index contributed by atoms with van der Waals surface area (Å²) in [5.41, 5.74) is 7.04. The Labute approximate surface area is 172 Å². The van der Waals surface area contributed by atoms with Gasteiger partial charge < -0.3 is 14.6 Å². The molecule has 0 saturated heterocycles. The van der Waals surface area contributed by atoms with E-state index in [-0.39, 0.29) is 6.04 Å². The molecule has 2 unspecified atom stereocenters. The van der Waals surface area contributed by atoms with Crippen molar-refractivity contribution in [3.63, 3.8) is 0 Å². The summed E-state index contributed by atoms with van der Waals surface area (Å²) in [6, 6.07) is 6.28. The Morgan fingerprint density at radius 3 is 2.86 bits per heavy atom. The van der Waals surface area contributed by atoms with E-state index in [1.807, 2.05) is 19.2 Å². The summed E-state index contributed by atoms with van der Waals surface area (Å²) in [5.74, 6) is 0. The zero-order valence-electron chi connectivity index (χ0n) is 17.9. The van der Waals surface area contributed by atoms with E-state index in [4.69, 9.17) is 9.97 Å². The van der Waals surface area contributed by atoms with Crippen molar-refractivity contribution in [1.29, 1.82) is 0 Å². The van der Waals surface area contributed by atoms with Gasteiger partial charge in [-0.2, -0.15) is 0 Å². The number of aliphatic hydroxyl groups is 1. The Kier molecular flexibility index (Phi) is 4.30. The maximum absolute atomic E-state index is 12.0. The number of aryl methyl sites for hydroxylation is 3. The fourth-order valence-electron chi connectivity index (χ4n) is 5.42. The normalized spacial score (nSPS) is 23.1. The zero-order chi connectivity index (χ0) is 20.3. The van der Waals surface area contributed by atoms with E-state index in [2.05, 4.69) is 42.5 Å². The fraction of sp³-hybridized carbons (Fsp3) is 0.500. The molecule has 0 bridgehead atoms. The van der Waals surface area contributed by atoms with Crippen LogP contribution in [-0.2, 0) is 25.0 Å². The molecule has 29 heavy (non-hydrogen) atoms. The lowest BCUT2D eigenvalue weighted by molar-refractivity contribution is -0.0272. The molecule has 5 nitrogen and oxygen atoms in total. The summed E-state index contributed by atoms with van der Waals surface area (Å²) < 4.78 is 2.34. The van der Waals surface area contributed by atoms with Crippen LogP contribution in [0.25, 0.3) is 11.0 Å². The molecule has 1 aliphatic heterocycles. The van der Waals surface area contributed by atoms with Crippen LogP contribution in [0.4, 0.5) is 0 Å². The number of rotatable bonds is 2. The predicted molar refractivity (Wildman–Crippen MR) is 115 cm³/mol. The number of pyridine rings is 2. The Hall–Kier alpha value is -2.24. The predicted octanol–water partition coefficient (Wildman–Crippen LogP) is 3.82. The van der Waals surface area contributed by atoms with Gasteiger partial charge in [-0.3, -0.25) is 4.98 Å². The molecule has 1 aliphatic carbocycles. The minimum atomic E-state index is -0.927. The largest absolute Gasteiger partial charge is 0.383 e. The van der Waals surface area contributed by atoms with Crippen LogP contribution in [-0.4, -0.2) is 38.1 Å². The van der Waals surface area contributed by atoms with Crippen molar-refractivity contribution in [1.82, 2.24) is 19.4 Å². The number of hydrogen-bond donors (Lipinski definition) is 1. The van der Waals surface area contributed by atoms with Crippen molar-refractivity contribution >= 4 is 11.0 Å². The van der Waals surface area contributed by atoms with Gasteiger partial charge in [-0.15, -0.1) is 0 Å². The quantitative estimate of drug-likeness (QED) is 0.723. The number of hydrogen-bond acceptors (Lipinski definition) is 4. The van der Waals surface area contributed by atoms with Crippen molar-refractivity contribution in [3.8, 4) is 0 Å². The zero-order valence-corrected chi connectivity index (χ0v) is 17.9. The minimum Gasteiger partial charge on any atom is -0.383 e.